The summed E-state index contributed by atoms with van der Waals surface area (Å²) >= 11 is 0. The molecule has 1 atom stereocenters. The van der Waals surface area contributed by atoms with Crippen LogP contribution in [0.4, 0.5) is 0 Å². The molecule has 1 aromatic carbocycles. The summed E-state index contributed by atoms with van der Waals surface area (Å²) in [5.41, 5.74) is 1.81. The van der Waals surface area contributed by atoms with Crippen molar-refractivity contribution in [1.82, 2.24) is 33.5 Å². The molecular weight excluding hydrogens is 410 g/mol. The molecule has 0 spiro atoms. The van der Waals surface area contributed by atoms with Crippen molar-refractivity contribution in [3.8, 4) is 0 Å². The molecule has 168 valence electrons. The molecule has 4 rings (SSSR count). The number of hydrogen-bond donors (Lipinski definition) is 1. The van der Waals surface area contributed by atoms with Crippen LogP contribution in [0.3, 0.4) is 0 Å². The van der Waals surface area contributed by atoms with Gasteiger partial charge in [-0.1, -0.05) is 18.2 Å². The zero-order chi connectivity index (χ0) is 23.2. The van der Waals surface area contributed by atoms with Gasteiger partial charge in [0.2, 0.25) is 5.91 Å². The van der Waals surface area contributed by atoms with Crippen LogP contribution in [-0.4, -0.2) is 54.7 Å². The number of aromatic nitrogens is 5. The van der Waals surface area contributed by atoms with Crippen molar-refractivity contribution < 1.29 is 4.79 Å². The van der Waals surface area contributed by atoms with E-state index in [9.17, 15) is 14.4 Å². The van der Waals surface area contributed by atoms with Gasteiger partial charge in [-0.05, 0) is 25.7 Å². The van der Waals surface area contributed by atoms with Gasteiger partial charge in [0, 0.05) is 44.8 Å². The van der Waals surface area contributed by atoms with Crippen molar-refractivity contribution in [2.24, 2.45) is 21.1 Å². The normalized spacial score (nSPS) is 12.7. The Labute approximate surface area is 184 Å². The topological polar surface area (TPSA) is 99.1 Å². The van der Waals surface area contributed by atoms with Gasteiger partial charge in [0.1, 0.15) is 6.54 Å². The average molecular weight is 438 g/mol. The Kier molecular flexibility index (Phi) is 5.47. The van der Waals surface area contributed by atoms with Crippen molar-refractivity contribution in [2.45, 2.75) is 12.6 Å². The minimum absolute atomic E-state index is 0.0294. The zero-order valence-corrected chi connectivity index (χ0v) is 18.9. The number of hydrogen-bond acceptors (Lipinski definition) is 5. The van der Waals surface area contributed by atoms with E-state index in [-0.39, 0.29) is 29.7 Å². The zero-order valence-electron chi connectivity index (χ0n) is 18.9. The van der Waals surface area contributed by atoms with Crippen LogP contribution >= 0.6 is 0 Å². The number of likely N-dealkylation sites (N-methyl/N-ethyl adjacent to an activating group) is 1. The lowest BCUT2D eigenvalue weighted by Crippen LogP contribution is -2.39. The van der Waals surface area contributed by atoms with Crippen LogP contribution in [0.15, 0.2) is 46.4 Å². The Bertz CT molecular complexity index is 1440. The molecule has 10 nitrogen and oxygen atoms in total. The molecule has 1 amide bonds. The second-order valence-corrected chi connectivity index (χ2v) is 8.25. The minimum Gasteiger partial charge on any atom is -0.353 e. The summed E-state index contributed by atoms with van der Waals surface area (Å²) in [5.74, 6) is -0.243. The number of nitrogens with zero attached hydrogens (tertiary/aromatic N) is 6. The third-order valence-electron chi connectivity index (χ3n) is 5.93. The maximum absolute atomic E-state index is 12.8. The van der Waals surface area contributed by atoms with Gasteiger partial charge >= 0.3 is 5.69 Å². The summed E-state index contributed by atoms with van der Waals surface area (Å²) < 4.78 is 5.88. The van der Waals surface area contributed by atoms with Gasteiger partial charge in [-0.3, -0.25) is 18.7 Å². The molecule has 3 heterocycles. The second-order valence-electron chi connectivity index (χ2n) is 8.25. The molecule has 0 fully saturated rings. The summed E-state index contributed by atoms with van der Waals surface area (Å²) in [6.45, 7) is 0.336. The van der Waals surface area contributed by atoms with Gasteiger partial charge in [-0.15, -0.1) is 0 Å². The molecule has 10 heteroatoms. The van der Waals surface area contributed by atoms with E-state index in [1.807, 2.05) is 33.3 Å². The van der Waals surface area contributed by atoms with Crippen LogP contribution < -0.4 is 16.6 Å². The molecule has 32 heavy (non-hydrogen) atoms. The van der Waals surface area contributed by atoms with E-state index >= 15 is 0 Å². The highest BCUT2D eigenvalue weighted by molar-refractivity contribution is 5.84. The van der Waals surface area contributed by atoms with Crippen molar-refractivity contribution in [2.75, 3.05) is 20.6 Å². The van der Waals surface area contributed by atoms with Crippen LogP contribution in [0.2, 0.25) is 0 Å². The highest BCUT2D eigenvalue weighted by atomic mass is 16.2. The number of benzene rings is 1. The first-order valence-electron chi connectivity index (χ1n) is 10.3. The fourth-order valence-corrected chi connectivity index (χ4v) is 4.15. The standard InChI is InChI=1S/C22H27N7O3/c1-25(2)17(15-11-26(3)16-9-7-6-8-14(15)16)10-23-18(30)12-29-13-24-20-19(29)21(31)28(5)22(32)27(20)4/h6-9,11,13,17H,10,12H2,1-5H3,(H,23,30). The fourth-order valence-electron chi connectivity index (χ4n) is 4.15. The highest BCUT2D eigenvalue weighted by Gasteiger charge is 2.21. The molecule has 0 aliphatic heterocycles. The molecule has 0 bridgehead atoms. The molecular formula is C22H27N7O3. The van der Waals surface area contributed by atoms with Crippen molar-refractivity contribution in [3.05, 3.63) is 63.2 Å². The molecule has 3 aromatic heterocycles. The van der Waals surface area contributed by atoms with E-state index in [2.05, 4.69) is 38.1 Å². The Morgan fingerprint density at radius 1 is 1.12 bits per heavy atom. The number of para-hydroxylation sites is 1. The van der Waals surface area contributed by atoms with Crippen molar-refractivity contribution in [1.29, 1.82) is 0 Å². The Hall–Kier alpha value is -3.66. The third kappa shape index (κ3) is 3.52. The third-order valence-corrected chi connectivity index (χ3v) is 5.93. The Morgan fingerprint density at radius 3 is 2.56 bits per heavy atom. The van der Waals surface area contributed by atoms with Gasteiger partial charge in [-0.2, -0.15) is 0 Å². The number of carbonyl (C=O) groups excluding carboxylic acids is 1. The molecule has 0 aliphatic carbocycles. The number of amides is 1. The van der Waals surface area contributed by atoms with Crippen LogP contribution in [0.1, 0.15) is 11.6 Å². The second kappa shape index (κ2) is 8.12. The highest BCUT2D eigenvalue weighted by Crippen LogP contribution is 2.28. The lowest BCUT2D eigenvalue weighted by atomic mass is 10.0. The summed E-state index contributed by atoms with van der Waals surface area (Å²) in [7, 11) is 8.92. The van der Waals surface area contributed by atoms with E-state index in [0.29, 0.717) is 6.54 Å². The van der Waals surface area contributed by atoms with E-state index < -0.39 is 11.2 Å². The smallest absolute Gasteiger partial charge is 0.332 e. The largest absolute Gasteiger partial charge is 0.353 e. The minimum atomic E-state index is -0.477. The molecule has 1 unspecified atom stereocenters. The fraction of sp³-hybridized carbons (Fsp3) is 0.364. The Balaban J connectivity index is 1.57. The SMILES string of the molecule is CN(C)C(CNC(=O)Cn1cnc2c1c(=O)n(C)c(=O)n2C)c1cn(C)c2ccccc12. The predicted octanol–water partition coefficient (Wildman–Crippen LogP) is 0.345. The molecule has 4 aromatic rings. The first-order valence-corrected chi connectivity index (χ1v) is 10.3. The summed E-state index contributed by atoms with van der Waals surface area (Å²) in [6.07, 6.45) is 3.51. The Morgan fingerprint density at radius 2 is 1.84 bits per heavy atom. The van der Waals surface area contributed by atoms with E-state index in [0.717, 1.165) is 21.0 Å². The quantitative estimate of drug-likeness (QED) is 0.469. The first-order chi connectivity index (χ1) is 15.2. The lowest BCUT2D eigenvalue weighted by Gasteiger charge is -2.24. The number of fused-ring (bicyclic) bond motifs is 2. The molecule has 1 N–H and O–H groups in total. The number of aryl methyl sites for hydroxylation is 2. The maximum Gasteiger partial charge on any atom is 0.332 e. The van der Waals surface area contributed by atoms with Gasteiger partial charge in [0.25, 0.3) is 5.56 Å². The summed E-state index contributed by atoms with van der Waals surface area (Å²) in [5, 5.41) is 4.13. The van der Waals surface area contributed by atoms with Crippen molar-refractivity contribution in [3.63, 3.8) is 0 Å². The number of carbonyl (C=O) groups is 1. The van der Waals surface area contributed by atoms with Gasteiger partial charge < -0.3 is 19.4 Å². The maximum atomic E-state index is 12.8. The van der Waals surface area contributed by atoms with Crippen LogP contribution in [0.5, 0.6) is 0 Å². The molecule has 0 saturated carbocycles. The molecule has 0 aliphatic rings. The first kappa shape index (κ1) is 21.6. The number of imidazole rings is 1. The van der Waals surface area contributed by atoms with E-state index in [4.69, 9.17) is 0 Å². The van der Waals surface area contributed by atoms with Gasteiger partial charge in [0.15, 0.2) is 11.2 Å². The predicted molar refractivity (Wildman–Crippen MR) is 123 cm³/mol. The van der Waals surface area contributed by atoms with E-state index in [1.54, 1.807) is 7.05 Å². The number of nitrogens with one attached hydrogen (secondary N) is 1. The van der Waals surface area contributed by atoms with Gasteiger partial charge in [0.05, 0.1) is 12.4 Å². The summed E-state index contributed by atoms with van der Waals surface area (Å²) in [6, 6.07) is 8.14. The van der Waals surface area contributed by atoms with Crippen LogP contribution in [-0.2, 0) is 32.5 Å². The van der Waals surface area contributed by atoms with Crippen LogP contribution in [0, 0.1) is 0 Å². The molecule has 0 saturated heterocycles. The van der Waals surface area contributed by atoms with Crippen molar-refractivity contribution >= 4 is 28.0 Å². The average Bonchev–Trinajstić information content (AvgIpc) is 3.32. The monoisotopic (exact) mass is 437 g/mol. The summed E-state index contributed by atoms with van der Waals surface area (Å²) in [4.78, 5) is 43.7. The van der Waals surface area contributed by atoms with E-state index in [1.165, 1.54) is 22.5 Å². The molecule has 0 radical (unpaired) electrons. The van der Waals surface area contributed by atoms with Gasteiger partial charge in [-0.25, -0.2) is 9.78 Å². The lowest BCUT2D eigenvalue weighted by molar-refractivity contribution is -0.121. The number of rotatable bonds is 6. The van der Waals surface area contributed by atoms with Crippen LogP contribution in [0.25, 0.3) is 22.1 Å².